The maximum absolute atomic E-state index is 12.7. The first kappa shape index (κ1) is 19.6. The van der Waals surface area contributed by atoms with Gasteiger partial charge in [-0.25, -0.2) is 4.79 Å². The van der Waals surface area contributed by atoms with Crippen LogP contribution < -0.4 is 15.4 Å². The van der Waals surface area contributed by atoms with Crippen molar-refractivity contribution in [1.29, 1.82) is 0 Å². The van der Waals surface area contributed by atoms with Crippen LogP contribution in [0.1, 0.15) is 12.5 Å². The van der Waals surface area contributed by atoms with E-state index in [4.69, 9.17) is 4.74 Å². The van der Waals surface area contributed by atoms with E-state index in [-0.39, 0.29) is 12.3 Å². The van der Waals surface area contributed by atoms with E-state index in [1.165, 1.54) is 38.3 Å². The summed E-state index contributed by atoms with van der Waals surface area (Å²) in [4.78, 5) is 37.4. The SMILES string of the molecule is COCCNC(=O)CN1C(=O)N[C@@](C)(c2ccc(OC(F)F)cc2)C1=O. The minimum absolute atomic E-state index is 0.0708. The highest BCUT2D eigenvalue weighted by molar-refractivity contribution is 6.09. The summed E-state index contributed by atoms with van der Waals surface area (Å²) in [7, 11) is 1.48. The minimum atomic E-state index is -2.96. The van der Waals surface area contributed by atoms with E-state index in [9.17, 15) is 23.2 Å². The Morgan fingerprint density at radius 1 is 1.31 bits per heavy atom. The minimum Gasteiger partial charge on any atom is -0.435 e. The molecule has 0 aliphatic carbocycles. The summed E-state index contributed by atoms with van der Waals surface area (Å²) in [5, 5.41) is 5.04. The Labute approximate surface area is 148 Å². The number of halogens is 2. The van der Waals surface area contributed by atoms with Gasteiger partial charge >= 0.3 is 12.6 Å². The number of nitrogens with one attached hydrogen (secondary N) is 2. The van der Waals surface area contributed by atoms with Crippen molar-refractivity contribution in [2.75, 3.05) is 26.8 Å². The van der Waals surface area contributed by atoms with Gasteiger partial charge in [-0.1, -0.05) is 12.1 Å². The fourth-order valence-corrected chi connectivity index (χ4v) is 2.50. The van der Waals surface area contributed by atoms with Gasteiger partial charge < -0.3 is 20.1 Å². The second-order valence-corrected chi connectivity index (χ2v) is 5.69. The van der Waals surface area contributed by atoms with E-state index in [0.29, 0.717) is 12.2 Å². The number of amides is 4. The van der Waals surface area contributed by atoms with Crippen LogP contribution in [0.5, 0.6) is 5.75 Å². The highest BCUT2D eigenvalue weighted by atomic mass is 19.3. The van der Waals surface area contributed by atoms with Gasteiger partial charge in [0.25, 0.3) is 5.91 Å². The molecular weight excluding hydrogens is 352 g/mol. The van der Waals surface area contributed by atoms with E-state index in [2.05, 4.69) is 15.4 Å². The molecule has 0 unspecified atom stereocenters. The maximum Gasteiger partial charge on any atom is 0.387 e. The van der Waals surface area contributed by atoms with E-state index in [1.807, 2.05) is 0 Å². The van der Waals surface area contributed by atoms with E-state index in [0.717, 1.165) is 4.90 Å². The first-order valence-corrected chi connectivity index (χ1v) is 7.73. The maximum atomic E-state index is 12.7. The van der Waals surface area contributed by atoms with Gasteiger partial charge in [0, 0.05) is 13.7 Å². The second-order valence-electron chi connectivity index (χ2n) is 5.69. The molecule has 1 atom stereocenters. The third-order valence-electron chi connectivity index (χ3n) is 3.86. The Morgan fingerprint density at radius 3 is 2.54 bits per heavy atom. The summed E-state index contributed by atoms with van der Waals surface area (Å²) in [5.41, 5.74) is -1.03. The summed E-state index contributed by atoms with van der Waals surface area (Å²) >= 11 is 0. The van der Waals surface area contributed by atoms with Gasteiger partial charge in [0.1, 0.15) is 17.8 Å². The highest BCUT2D eigenvalue weighted by Gasteiger charge is 2.49. The number of rotatable bonds is 8. The van der Waals surface area contributed by atoms with Crippen molar-refractivity contribution in [2.24, 2.45) is 0 Å². The van der Waals surface area contributed by atoms with Crippen LogP contribution >= 0.6 is 0 Å². The number of alkyl halides is 2. The molecule has 26 heavy (non-hydrogen) atoms. The standard InChI is InChI=1S/C16H19F2N3O5/c1-16(10-3-5-11(6-4-10)26-14(17)18)13(23)21(15(24)20-16)9-12(22)19-7-8-25-2/h3-6,14H,7-9H2,1-2H3,(H,19,22)(H,20,24)/t16-/m0/s1. The first-order chi connectivity index (χ1) is 12.3. The molecule has 1 saturated heterocycles. The molecule has 8 nitrogen and oxygen atoms in total. The molecule has 2 rings (SSSR count). The van der Waals surface area contributed by atoms with Crippen LogP contribution in [0, 0.1) is 0 Å². The number of nitrogens with zero attached hydrogens (tertiary/aromatic N) is 1. The number of carbonyl (C=O) groups is 3. The number of imide groups is 1. The lowest BCUT2D eigenvalue weighted by Gasteiger charge is -2.22. The predicted molar refractivity (Wildman–Crippen MR) is 85.6 cm³/mol. The van der Waals surface area contributed by atoms with Crippen LogP contribution in [0.3, 0.4) is 0 Å². The Bertz CT molecular complexity index is 683. The Kier molecular flexibility index (Phi) is 6.09. The lowest BCUT2D eigenvalue weighted by atomic mass is 9.92. The van der Waals surface area contributed by atoms with Crippen molar-refractivity contribution >= 4 is 17.8 Å². The summed E-state index contributed by atoms with van der Waals surface area (Å²) in [5.74, 6) is -1.19. The van der Waals surface area contributed by atoms with Crippen molar-refractivity contribution in [3.05, 3.63) is 29.8 Å². The monoisotopic (exact) mass is 371 g/mol. The molecule has 1 aliphatic heterocycles. The molecule has 2 N–H and O–H groups in total. The number of benzene rings is 1. The average Bonchev–Trinajstić information content (AvgIpc) is 2.79. The van der Waals surface area contributed by atoms with Gasteiger partial charge in [0.05, 0.1) is 6.61 Å². The number of ether oxygens (including phenoxy) is 2. The molecule has 0 saturated carbocycles. The van der Waals surface area contributed by atoms with Gasteiger partial charge in [0.15, 0.2) is 0 Å². The van der Waals surface area contributed by atoms with E-state index >= 15 is 0 Å². The zero-order valence-corrected chi connectivity index (χ0v) is 14.3. The summed E-state index contributed by atoms with van der Waals surface area (Å²) in [6, 6.07) is 4.63. The second kappa shape index (κ2) is 8.09. The van der Waals surface area contributed by atoms with Crippen molar-refractivity contribution in [2.45, 2.75) is 19.1 Å². The predicted octanol–water partition coefficient (Wildman–Crippen LogP) is 0.818. The quantitative estimate of drug-likeness (QED) is 0.521. The molecule has 1 aromatic rings. The Hall–Kier alpha value is -2.75. The largest absolute Gasteiger partial charge is 0.435 e. The zero-order chi connectivity index (χ0) is 19.3. The van der Waals surface area contributed by atoms with Gasteiger partial charge in [-0.15, -0.1) is 0 Å². The van der Waals surface area contributed by atoms with Crippen LogP contribution in [0.15, 0.2) is 24.3 Å². The summed E-state index contributed by atoms with van der Waals surface area (Å²) in [6.07, 6.45) is 0. The van der Waals surface area contributed by atoms with Crippen LogP contribution in [0.4, 0.5) is 13.6 Å². The number of urea groups is 1. The third kappa shape index (κ3) is 4.26. The van der Waals surface area contributed by atoms with Crippen LogP contribution in [0.2, 0.25) is 0 Å². The number of hydrogen-bond donors (Lipinski definition) is 2. The smallest absolute Gasteiger partial charge is 0.387 e. The molecule has 1 aliphatic rings. The number of methoxy groups -OCH3 is 1. The number of carbonyl (C=O) groups excluding carboxylic acids is 3. The summed E-state index contributed by atoms with van der Waals surface area (Å²) in [6.45, 7) is -1.37. The first-order valence-electron chi connectivity index (χ1n) is 7.73. The zero-order valence-electron chi connectivity index (χ0n) is 14.3. The Balaban J connectivity index is 2.09. The molecular formula is C16H19F2N3O5. The van der Waals surface area contributed by atoms with Gasteiger partial charge in [-0.05, 0) is 24.6 Å². The van der Waals surface area contributed by atoms with Crippen LogP contribution in [-0.4, -0.2) is 56.2 Å². The lowest BCUT2D eigenvalue weighted by Crippen LogP contribution is -2.43. The van der Waals surface area contributed by atoms with Gasteiger partial charge in [-0.2, -0.15) is 8.78 Å². The average molecular weight is 371 g/mol. The van der Waals surface area contributed by atoms with Crippen molar-refractivity contribution in [3.63, 3.8) is 0 Å². The molecule has 0 radical (unpaired) electrons. The fourth-order valence-electron chi connectivity index (χ4n) is 2.50. The van der Waals surface area contributed by atoms with Crippen molar-refractivity contribution in [3.8, 4) is 5.75 Å². The molecule has 0 spiro atoms. The van der Waals surface area contributed by atoms with Crippen molar-refractivity contribution in [1.82, 2.24) is 15.5 Å². The molecule has 1 aromatic carbocycles. The van der Waals surface area contributed by atoms with Gasteiger partial charge in [-0.3, -0.25) is 14.5 Å². The van der Waals surface area contributed by atoms with Gasteiger partial charge in [0.2, 0.25) is 5.91 Å². The normalized spacial score (nSPS) is 19.7. The number of hydrogen-bond acceptors (Lipinski definition) is 5. The Morgan fingerprint density at radius 2 is 1.96 bits per heavy atom. The molecule has 0 bridgehead atoms. The third-order valence-corrected chi connectivity index (χ3v) is 3.86. The molecule has 142 valence electrons. The summed E-state index contributed by atoms with van der Waals surface area (Å²) < 4.78 is 33.5. The van der Waals surface area contributed by atoms with E-state index < -0.39 is 36.5 Å². The van der Waals surface area contributed by atoms with Crippen molar-refractivity contribution < 1.29 is 32.6 Å². The molecule has 0 aromatic heterocycles. The molecule has 1 heterocycles. The topological polar surface area (TPSA) is 97.0 Å². The fraction of sp³-hybridized carbons (Fsp3) is 0.438. The van der Waals surface area contributed by atoms with E-state index in [1.54, 1.807) is 0 Å². The highest BCUT2D eigenvalue weighted by Crippen LogP contribution is 2.30. The molecule has 4 amide bonds. The lowest BCUT2D eigenvalue weighted by molar-refractivity contribution is -0.134. The molecule has 10 heteroatoms. The van der Waals surface area contributed by atoms with Crippen LogP contribution in [0.25, 0.3) is 0 Å². The molecule has 1 fully saturated rings. The van der Waals surface area contributed by atoms with Crippen LogP contribution in [-0.2, 0) is 19.9 Å².